The van der Waals surface area contributed by atoms with Crippen molar-refractivity contribution in [3.8, 4) is 5.75 Å². The lowest BCUT2D eigenvalue weighted by Gasteiger charge is -2.39. The van der Waals surface area contributed by atoms with Crippen LogP contribution in [-0.4, -0.2) is 80.1 Å². The molecule has 3 aliphatic heterocycles. The molecule has 3 aliphatic rings. The quantitative estimate of drug-likeness (QED) is 0.296. The van der Waals surface area contributed by atoms with Gasteiger partial charge in [-0.3, -0.25) is 9.59 Å². The number of likely N-dealkylation sites (tertiary alicyclic amines) is 1. The van der Waals surface area contributed by atoms with E-state index in [0.29, 0.717) is 37.6 Å². The zero-order chi connectivity index (χ0) is 30.5. The summed E-state index contributed by atoms with van der Waals surface area (Å²) < 4.78 is 6.49. The zero-order valence-electron chi connectivity index (χ0n) is 26.6. The number of para-hydroxylation sites is 2. The fourth-order valence-electron chi connectivity index (χ4n) is 6.66. The number of amides is 2. The number of fused-ring (bicyclic) bond motifs is 1. The predicted molar refractivity (Wildman–Crippen MR) is 196 cm³/mol. The lowest BCUT2D eigenvalue weighted by molar-refractivity contribution is -0.136. The van der Waals surface area contributed by atoms with E-state index in [1.165, 1.54) is 5.56 Å². The van der Waals surface area contributed by atoms with Gasteiger partial charge in [-0.2, -0.15) is 0 Å². The summed E-state index contributed by atoms with van der Waals surface area (Å²) in [5.41, 5.74) is 4.40. The summed E-state index contributed by atoms with van der Waals surface area (Å²) in [5.74, 6) is 0.717. The van der Waals surface area contributed by atoms with Crippen LogP contribution in [0.25, 0.3) is 0 Å². The summed E-state index contributed by atoms with van der Waals surface area (Å²) in [6.45, 7) is 5.33. The van der Waals surface area contributed by atoms with Crippen LogP contribution in [0.1, 0.15) is 42.0 Å². The van der Waals surface area contributed by atoms with Crippen molar-refractivity contribution < 1.29 is 14.3 Å². The van der Waals surface area contributed by atoms with E-state index in [2.05, 4.69) is 51.7 Å². The van der Waals surface area contributed by atoms with Crippen LogP contribution in [0.15, 0.2) is 72.8 Å². The van der Waals surface area contributed by atoms with Gasteiger partial charge in [0.1, 0.15) is 17.9 Å². The number of piperazine rings is 1. The molecule has 3 heterocycles. The summed E-state index contributed by atoms with van der Waals surface area (Å²) in [5, 5.41) is 7.17. The topological polar surface area (TPSA) is 77.2 Å². The molecule has 2 amide bonds. The van der Waals surface area contributed by atoms with Crippen LogP contribution in [0, 0.1) is 0 Å². The van der Waals surface area contributed by atoms with Crippen molar-refractivity contribution in [1.29, 1.82) is 0 Å². The smallest absolute Gasteiger partial charge is 0.245 e. The molecule has 0 aliphatic carbocycles. The minimum atomic E-state index is -0.661. The van der Waals surface area contributed by atoms with Crippen molar-refractivity contribution in [2.24, 2.45) is 0 Å². The number of nitrogens with one attached hydrogen (secondary N) is 2. The molecular formula is C35H45Cl4N5O3. The van der Waals surface area contributed by atoms with Crippen LogP contribution in [0.4, 0.5) is 5.69 Å². The van der Waals surface area contributed by atoms with Crippen molar-refractivity contribution >= 4 is 66.3 Å². The van der Waals surface area contributed by atoms with Gasteiger partial charge < -0.3 is 30.1 Å². The van der Waals surface area contributed by atoms with Gasteiger partial charge in [-0.1, -0.05) is 60.1 Å². The Bertz CT molecular complexity index is 1460. The Hall–Kier alpha value is -2.72. The third-order valence-corrected chi connectivity index (χ3v) is 9.27. The average Bonchev–Trinajstić information content (AvgIpc) is 3.44. The molecular weight excluding hydrogens is 680 g/mol. The van der Waals surface area contributed by atoms with Crippen molar-refractivity contribution in [1.82, 2.24) is 20.4 Å². The molecule has 2 N–H and O–H groups in total. The third-order valence-electron chi connectivity index (χ3n) is 9.02. The summed E-state index contributed by atoms with van der Waals surface area (Å²) in [6, 6.07) is 23.2. The zero-order valence-corrected chi connectivity index (χ0v) is 29.8. The highest BCUT2D eigenvalue weighted by Crippen LogP contribution is 2.31. The Morgan fingerprint density at radius 3 is 2.38 bits per heavy atom. The molecule has 47 heavy (non-hydrogen) atoms. The Balaban J connectivity index is 0.00000200. The van der Waals surface area contributed by atoms with E-state index in [0.717, 1.165) is 55.0 Å². The SMILES string of the molecule is CN1CCC[C@H](Oc2ccccc2N2CCN(C(=O)[C@@H](Cc3ccc(Cl)cc3)NC(=O)CC3NCc4ccccc43)CC2)C1.Cl.Cl.Cl. The third kappa shape index (κ3) is 9.91. The van der Waals surface area contributed by atoms with E-state index >= 15 is 0 Å². The van der Waals surface area contributed by atoms with Gasteiger partial charge in [-0.05, 0) is 67.4 Å². The molecule has 8 nitrogen and oxygen atoms in total. The Morgan fingerprint density at radius 2 is 1.64 bits per heavy atom. The van der Waals surface area contributed by atoms with Crippen LogP contribution in [0.3, 0.4) is 0 Å². The van der Waals surface area contributed by atoms with E-state index in [1.807, 2.05) is 53.4 Å². The first-order chi connectivity index (χ1) is 21.4. The van der Waals surface area contributed by atoms with Crippen LogP contribution >= 0.6 is 48.8 Å². The van der Waals surface area contributed by atoms with Crippen LogP contribution in [-0.2, 0) is 22.6 Å². The second-order valence-corrected chi connectivity index (χ2v) is 12.6. The van der Waals surface area contributed by atoms with Crippen molar-refractivity contribution in [2.75, 3.05) is 51.2 Å². The Kier molecular flexibility index (Phi) is 15.0. The molecule has 256 valence electrons. The lowest BCUT2D eigenvalue weighted by Crippen LogP contribution is -2.55. The van der Waals surface area contributed by atoms with Crippen LogP contribution in [0.5, 0.6) is 5.75 Å². The van der Waals surface area contributed by atoms with Crippen molar-refractivity contribution in [3.05, 3.63) is 94.5 Å². The maximum Gasteiger partial charge on any atom is 0.245 e. The van der Waals surface area contributed by atoms with Crippen molar-refractivity contribution in [2.45, 2.75) is 50.4 Å². The number of ether oxygens (including phenoxy) is 1. The number of halogens is 4. The standard InChI is InChI=1S/C35H42ClN5O3.3ClH/c1-39-16-6-8-28(24-39)44-33-11-5-4-10-32(33)40-17-19-41(20-18-40)35(43)31(21-25-12-14-27(36)15-13-25)38-34(42)22-30-29-9-3-2-7-26(29)23-37-30;;;/h2-5,7,9-15,28,30-31,37H,6,8,16-24H2,1H3,(H,38,42);3*1H/t28-,30?,31+;;;/m0.../s1. The molecule has 2 fully saturated rings. The number of piperidine rings is 1. The number of anilines is 1. The van der Waals surface area contributed by atoms with Gasteiger partial charge in [-0.25, -0.2) is 0 Å². The molecule has 0 spiro atoms. The monoisotopic (exact) mass is 723 g/mol. The summed E-state index contributed by atoms with van der Waals surface area (Å²) in [6.07, 6.45) is 3.07. The van der Waals surface area contributed by atoms with Crippen LogP contribution in [0.2, 0.25) is 5.02 Å². The van der Waals surface area contributed by atoms with Gasteiger partial charge in [0.2, 0.25) is 11.8 Å². The number of carbonyl (C=O) groups is 2. The number of carbonyl (C=O) groups excluding carboxylic acids is 2. The van der Waals surface area contributed by atoms with E-state index in [-0.39, 0.29) is 67.6 Å². The first kappa shape index (κ1) is 38.7. The highest BCUT2D eigenvalue weighted by molar-refractivity contribution is 6.30. The van der Waals surface area contributed by atoms with Crippen molar-refractivity contribution in [3.63, 3.8) is 0 Å². The molecule has 3 atom stereocenters. The largest absolute Gasteiger partial charge is 0.487 e. The summed E-state index contributed by atoms with van der Waals surface area (Å²) in [7, 11) is 2.14. The van der Waals surface area contributed by atoms with Gasteiger partial charge in [0.05, 0.1) is 5.69 Å². The molecule has 12 heteroatoms. The number of likely N-dealkylation sites (N-methyl/N-ethyl adjacent to an activating group) is 1. The second-order valence-electron chi connectivity index (χ2n) is 12.2. The number of benzene rings is 3. The fraction of sp³-hybridized carbons (Fsp3) is 0.429. The summed E-state index contributed by atoms with van der Waals surface area (Å²) >= 11 is 6.12. The molecule has 0 saturated carbocycles. The molecule has 0 aromatic heterocycles. The van der Waals surface area contributed by atoms with Crippen LogP contribution < -0.4 is 20.3 Å². The maximum atomic E-state index is 14.0. The maximum absolute atomic E-state index is 14.0. The van der Waals surface area contributed by atoms with Gasteiger partial charge in [0, 0.05) is 63.2 Å². The van der Waals surface area contributed by atoms with E-state index < -0.39 is 6.04 Å². The van der Waals surface area contributed by atoms with Gasteiger partial charge in [0.25, 0.3) is 0 Å². The number of hydrogen-bond donors (Lipinski definition) is 2. The molecule has 3 aromatic carbocycles. The predicted octanol–water partition coefficient (Wildman–Crippen LogP) is 5.69. The summed E-state index contributed by atoms with van der Waals surface area (Å²) in [4.78, 5) is 33.8. The Labute approximate surface area is 301 Å². The number of hydrogen-bond acceptors (Lipinski definition) is 6. The molecule has 0 radical (unpaired) electrons. The first-order valence-corrected chi connectivity index (χ1v) is 16.1. The fourth-order valence-corrected chi connectivity index (χ4v) is 6.78. The minimum absolute atomic E-state index is 0. The van der Waals surface area contributed by atoms with Gasteiger partial charge >= 0.3 is 0 Å². The number of nitrogens with zero attached hydrogens (tertiary/aromatic N) is 3. The molecule has 1 unspecified atom stereocenters. The average molecular weight is 726 g/mol. The highest BCUT2D eigenvalue weighted by Gasteiger charge is 2.31. The van der Waals surface area contributed by atoms with Gasteiger partial charge in [0.15, 0.2) is 0 Å². The lowest BCUT2D eigenvalue weighted by atomic mass is 10.0. The van der Waals surface area contributed by atoms with E-state index in [4.69, 9.17) is 16.3 Å². The Morgan fingerprint density at radius 1 is 0.936 bits per heavy atom. The molecule has 2 saturated heterocycles. The molecule has 3 aromatic rings. The van der Waals surface area contributed by atoms with E-state index in [1.54, 1.807) is 0 Å². The highest BCUT2D eigenvalue weighted by atomic mass is 35.5. The van der Waals surface area contributed by atoms with E-state index in [9.17, 15) is 9.59 Å². The normalized spacial score (nSPS) is 19.7. The van der Waals surface area contributed by atoms with Gasteiger partial charge in [-0.15, -0.1) is 37.2 Å². The first-order valence-electron chi connectivity index (χ1n) is 15.8. The second kappa shape index (κ2) is 18.2. The number of rotatable bonds is 9. The minimum Gasteiger partial charge on any atom is -0.487 e. The molecule has 6 rings (SSSR count). The molecule has 0 bridgehead atoms.